The van der Waals surface area contributed by atoms with Crippen molar-refractivity contribution in [1.29, 1.82) is 0 Å². The van der Waals surface area contributed by atoms with Crippen LogP contribution in [0.25, 0.3) is 10.8 Å². The van der Waals surface area contributed by atoms with Gasteiger partial charge in [-0.1, -0.05) is 45.2 Å². The lowest BCUT2D eigenvalue weighted by atomic mass is 10.00. The van der Waals surface area contributed by atoms with E-state index in [1.807, 2.05) is 24.3 Å². The number of nitrogens with one attached hydrogen (secondary N) is 1. The largest absolute Gasteiger partial charge is 0.497 e. The van der Waals surface area contributed by atoms with Crippen molar-refractivity contribution in [3.8, 4) is 5.75 Å². The Morgan fingerprint density at radius 1 is 1.08 bits per heavy atom. The predicted octanol–water partition coefficient (Wildman–Crippen LogP) is 4.34. The van der Waals surface area contributed by atoms with Crippen LogP contribution in [0, 0.1) is 5.92 Å². The van der Waals surface area contributed by atoms with Crippen LogP contribution in [0.4, 0.5) is 0 Å². The van der Waals surface area contributed by atoms with Crippen molar-refractivity contribution in [3.05, 3.63) is 36.4 Å². The summed E-state index contributed by atoms with van der Waals surface area (Å²) >= 11 is 0. The third-order valence-corrected chi connectivity index (χ3v) is 5.86. The van der Waals surface area contributed by atoms with Crippen LogP contribution in [0.3, 0.4) is 0 Å². The fourth-order valence-corrected chi connectivity index (χ4v) is 3.90. The van der Waals surface area contributed by atoms with Crippen LogP contribution >= 0.6 is 0 Å². The number of benzene rings is 2. The van der Waals surface area contributed by atoms with Gasteiger partial charge in [-0.05, 0) is 47.4 Å². The Labute approximate surface area is 145 Å². The molecule has 0 bridgehead atoms. The Morgan fingerprint density at radius 3 is 2.46 bits per heavy atom. The van der Waals surface area contributed by atoms with Gasteiger partial charge in [-0.2, -0.15) is 0 Å². The van der Waals surface area contributed by atoms with Gasteiger partial charge in [0, 0.05) is 6.54 Å². The highest BCUT2D eigenvalue weighted by Crippen LogP contribution is 2.24. The van der Waals surface area contributed by atoms with E-state index in [4.69, 9.17) is 4.74 Å². The Balaban J connectivity index is 2.15. The number of rotatable bonds is 9. The van der Waals surface area contributed by atoms with Crippen molar-refractivity contribution in [3.63, 3.8) is 0 Å². The molecule has 0 fully saturated rings. The first kappa shape index (κ1) is 18.7. The molecule has 0 heterocycles. The summed E-state index contributed by atoms with van der Waals surface area (Å²) in [5.41, 5.74) is 0. The fourth-order valence-electron chi connectivity index (χ4n) is 2.75. The van der Waals surface area contributed by atoms with Gasteiger partial charge in [-0.15, -0.1) is 0 Å². The van der Waals surface area contributed by atoms with Crippen LogP contribution in [0.15, 0.2) is 41.3 Å². The Morgan fingerprint density at radius 2 is 1.79 bits per heavy atom. The second-order valence-corrected chi connectivity index (χ2v) is 7.91. The lowest BCUT2D eigenvalue weighted by molar-refractivity contribution is 0.415. The molecule has 5 heteroatoms. The molecule has 4 nitrogen and oxygen atoms in total. The normalized spacial score (nSPS) is 13.1. The molecule has 1 N–H and O–H groups in total. The minimum Gasteiger partial charge on any atom is -0.497 e. The van der Waals surface area contributed by atoms with E-state index in [-0.39, 0.29) is 0 Å². The van der Waals surface area contributed by atoms with Crippen LogP contribution in [-0.2, 0) is 10.0 Å². The van der Waals surface area contributed by atoms with Gasteiger partial charge < -0.3 is 4.74 Å². The summed E-state index contributed by atoms with van der Waals surface area (Å²) < 4.78 is 33.1. The van der Waals surface area contributed by atoms with E-state index in [0.29, 0.717) is 17.4 Å². The molecular weight excluding hydrogens is 322 g/mol. The predicted molar refractivity (Wildman–Crippen MR) is 99.0 cm³/mol. The standard InChI is InChI=1S/C19H27NO3S/c1-4-6-7-15(5-2)14-20-24(21,22)19-11-9-16-12-18(23-3)10-8-17(16)13-19/h8-13,15,20H,4-7,14H2,1-3H3/t15-/m0/s1. The van der Waals surface area contributed by atoms with E-state index >= 15 is 0 Å². The van der Waals surface area contributed by atoms with Crippen LogP contribution in [0.1, 0.15) is 39.5 Å². The number of hydrogen-bond acceptors (Lipinski definition) is 3. The number of hydrogen-bond donors (Lipinski definition) is 1. The SMILES string of the molecule is CCCC[C@H](CC)CNS(=O)(=O)c1ccc2cc(OC)ccc2c1. The molecule has 0 spiro atoms. The number of methoxy groups -OCH3 is 1. The summed E-state index contributed by atoms with van der Waals surface area (Å²) in [6.45, 7) is 4.76. The maximum absolute atomic E-state index is 12.6. The molecule has 0 aliphatic heterocycles. The van der Waals surface area contributed by atoms with Gasteiger partial charge >= 0.3 is 0 Å². The lowest BCUT2D eigenvalue weighted by Gasteiger charge is -2.15. The summed E-state index contributed by atoms with van der Waals surface area (Å²) in [5, 5.41) is 1.85. The third-order valence-electron chi connectivity index (χ3n) is 4.43. The molecule has 0 saturated carbocycles. The first-order valence-corrected chi connectivity index (χ1v) is 10.1. The van der Waals surface area contributed by atoms with E-state index in [0.717, 1.165) is 42.2 Å². The number of fused-ring (bicyclic) bond motifs is 1. The summed E-state index contributed by atoms with van der Waals surface area (Å²) in [4.78, 5) is 0.311. The van der Waals surface area contributed by atoms with Crippen molar-refractivity contribution < 1.29 is 13.2 Å². The third kappa shape index (κ3) is 4.71. The molecule has 0 unspecified atom stereocenters. The highest BCUT2D eigenvalue weighted by atomic mass is 32.2. The maximum Gasteiger partial charge on any atom is 0.240 e. The second-order valence-electron chi connectivity index (χ2n) is 6.14. The molecule has 0 aromatic heterocycles. The first-order chi connectivity index (χ1) is 11.5. The Kier molecular flexibility index (Phi) is 6.63. The second kappa shape index (κ2) is 8.49. The van der Waals surface area contributed by atoms with E-state index in [1.54, 1.807) is 19.2 Å². The quantitative estimate of drug-likeness (QED) is 0.732. The van der Waals surface area contributed by atoms with Crippen LogP contribution in [0.2, 0.25) is 0 Å². The Hall–Kier alpha value is -1.59. The first-order valence-electron chi connectivity index (χ1n) is 8.57. The Bertz CT molecular complexity index is 771. The molecule has 0 aliphatic carbocycles. The van der Waals surface area contributed by atoms with Gasteiger partial charge in [-0.25, -0.2) is 13.1 Å². The summed E-state index contributed by atoms with van der Waals surface area (Å²) in [7, 11) is -1.86. The molecule has 0 radical (unpaired) electrons. The highest BCUT2D eigenvalue weighted by molar-refractivity contribution is 7.89. The number of unbranched alkanes of at least 4 members (excludes halogenated alkanes) is 1. The molecule has 24 heavy (non-hydrogen) atoms. The van der Waals surface area contributed by atoms with Gasteiger partial charge in [0.25, 0.3) is 0 Å². The average molecular weight is 349 g/mol. The van der Waals surface area contributed by atoms with Crippen LogP contribution < -0.4 is 9.46 Å². The summed E-state index contributed by atoms with van der Waals surface area (Å²) in [5.74, 6) is 1.15. The molecular formula is C19H27NO3S. The van der Waals surface area contributed by atoms with Gasteiger partial charge in [0.05, 0.1) is 12.0 Å². The van der Waals surface area contributed by atoms with E-state index in [1.165, 1.54) is 0 Å². The summed E-state index contributed by atoms with van der Waals surface area (Å²) in [6.07, 6.45) is 4.32. The zero-order valence-corrected chi connectivity index (χ0v) is 15.5. The van der Waals surface area contributed by atoms with Crippen molar-refractivity contribution in [2.24, 2.45) is 5.92 Å². The topological polar surface area (TPSA) is 55.4 Å². The van der Waals surface area contributed by atoms with Crippen molar-refractivity contribution in [2.45, 2.75) is 44.4 Å². The molecule has 2 aromatic rings. The molecule has 2 rings (SSSR count). The molecule has 1 atom stereocenters. The average Bonchev–Trinajstić information content (AvgIpc) is 2.60. The zero-order chi connectivity index (χ0) is 17.6. The van der Waals surface area contributed by atoms with Gasteiger partial charge in [-0.3, -0.25) is 0 Å². The molecule has 0 aliphatic rings. The molecule has 2 aromatic carbocycles. The van der Waals surface area contributed by atoms with E-state index in [2.05, 4.69) is 18.6 Å². The van der Waals surface area contributed by atoms with Crippen LogP contribution in [-0.4, -0.2) is 22.1 Å². The minimum atomic E-state index is -3.48. The van der Waals surface area contributed by atoms with Gasteiger partial charge in [0.15, 0.2) is 0 Å². The van der Waals surface area contributed by atoms with E-state index in [9.17, 15) is 8.42 Å². The van der Waals surface area contributed by atoms with Crippen molar-refractivity contribution in [2.75, 3.05) is 13.7 Å². The number of sulfonamides is 1. The highest BCUT2D eigenvalue weighted by Gasteiger charge is 2.16. The molecule has 0 saturated heterocycles. The molecule has 0 amide bonds. The molecule has 132 valence electrons. The van der Waals surface area contributed by atoms with Crippen LogP contribution in [0.5, 0.6) is 5.75 Å². The van der Waals surface area contributed by atoms with Crippen molar-refractivity contribution in [1.82, 2.24) is 4.72 Å². The van der Waals surface area contributed by atoms with E-state index < -0.39 is 10.0 Å². The number of ether oxygens (including phenoxy) is 1. The fraction of sp³-hybridized carbons (Fsp3) is 0.474. The smallest absolute Gasteiger partial charge is 0.240 e. The summed E-state index contributed by atoms with van der Waals surface area (Å²) in [6, 6.07) is 10.8. The lowest BCUT2D eigenvalue weighted by Crippen LogP contribution is -2.29. The van der Waals surface area contributed by atoms with Gasteiger partial charge in [0.1, 0.15) is 5.75 Å². The minimum absolute atomic E-state index is 0.311. The van der Waals surface area contributed by atoms with Crippen molar-refractivity contribution >= 4 is 20.8 Å². The zero-order valence-electron chi connectivity index (χ0n) is 14.7. The van der Waals surface area contributed by atoms with Gasteiger partial charge in [0.2, 0.25) is 10.0 Å². The maximum atomic E-state index is 12.6. The monoisotopic (exact) mass is 349 g/mol.